The number of likely N-dealkylation sites (tertiary alicyclic amines) is 1. The van der Waals surface area contributed by atoms with Crippen LogP contribution >= 0.6 is 0 Å². The molecule has 1 amide bonds. The van der Waals surface area contributed by atoms with Gasteiger partial charge in [0.15, 0.2) is 0 Å². The molecule has 1 aliphatic heterocycles. The lowest BCUT2D eigenvalue weighted by molar-refractivity contribution is -0.111. The summed E-state index contributed by atoms with van der Waals surface area (Å²) >= 11 is 0. The van der Waals surface area contributed by atoms with E-state index in [9.17, 15) is 4.79 Å². The van der Waals surface area contributed by atoms with Gasteiger partial charge < -0.3 is 5.32 Å². The van der Waals surface area contributed by atoms with E-state index in [1.54, 1.807) is 6.08 Å². The Kier molecular flexibility index (Phi) is 6.22. The topological polar surface area (TPSA) is 32.3 Å². The molecule has 0 saturated carbocycles. The smallest absolute Gasteiger partial charge is 0.248 e. The van der Waals surface area contributed by atoms with E-state index < -0.39 is 0 Å². The third kappa shape index (κ3) is 5.56. The summed E-state index contributed by atoms with van der Waals surface area (Å²) in [5, 5.41) is 2.86. The van der Waals surface area contributed by atoms with Gasteiger partial charge in [-0.15, -0.1) is 0 Å². The molecule has 0 spiro atoms. The Bertz CT molecular complexity index is 496. The SMILES string of the molecule is C/C=C/C=C/C(=O)Nc1ccc(CN2CCCCC2)cc1. The van der Waals surface area contributed by atoms with Gasteiger partial charge in [0.2, 0.25) is 5.91 Å². The largest absolute Gasteiger partial charge is 0.323 e. The number of amides is 1. The predicted molar refractivity (Wildman–Crippen MR) is 88.2 cm³/mol. The fraction of sp³-hybridized carbons (Fsp3) is 0.389. The van der Waals surface area contributed by atoms with E-state index in [2.05, 4.69) is 22.3 Å². The van der Waals surface area contributed by atoms with Crippen molar-refractivity contribution in [2.45, 2.75) is 32.7 Å². The predicted octanol–water partition coefficient (Wildman–Crippen LogP) is 3.74. The van der Waals surface area contributed by atoms with E-state index in [0.717, 1.165) is 12.2 Å². The highest BCUT2D eigenvalue weighted by atomic mass is 16.1. The van der Waals surface area contributed by atoms with Gasteiger partial charge in [0.1, 0.15) is 0 Å². The number of hydrogen-bond donors (Lipinski definition) is 1. The zero-order chi connectivity index (χ0) is 14.9. The van der Waals surface area contributed by atoms with Crippen LogP contribution in [0.25, 0.3) is 0 Å². The Morgan fingerprint density at radius 3 is 2.52 bits per heavy atom. The van der Waals surface area contributed by atoms with Crippen LogP contribution in [0.5, 0.6) is 0 Å². The van der Waals surface area contributed by atoms with Crippen LogP contribution in [-0.2, 0) is 11.3 Å². The van der Waals surface area contributed by atoms with Gasteiger partial charge in [-0.2, -0.15) is 0 Å². The Morgan fingerprint density at radius 2 is 1.86 bits per heavy atom. The van der Waals surface area contributed by atoms with Crippen LogP contribution in [0.4, 0.5) is 5.69 Å². The molecule has 1 aliphatic rings. The fourth-order valence-corrected chi connectivity index (χ4v) is 2.51. The molecule has 21 heavy (non-hydrogen) atoms. The maximum atomic E-state index is 11.6. The zero-order valence-electron chi connectivity index (χ0n) is 12.7. The number of piperidine rings is 1. The van der Waals surface area contributed by atoms with Crippen molar-refractivity contribution in [3.05, 3.63) is 54.1 Å². The number of hydrogen-bond acceptors (Lipinski definition) is 2. The van der Waals surface area contributed by atoms with Crippen molar-refractivity contribution in [3.63, 3.8) is 0 Å². The molecule has 2 rings (SSSR count). The summed E-state index contributed by atoms with van der Waals surface area (Å²) < 4.78 is 0. The molecule has 3 nitrogen and oxygen atoms in total. The average molecular weight is 284 g/mol. The number of anilines is 1. The van der Waals surface area contributed by atoms with Gasteiger partial charge in [-0.1, -0.05) is 36.8 Å². The van der Waals surface area contributed by atoms with Crippen molar-refractivity contribution in [3.8, 4) is 0 Å². The van der Waals surface area contributed by atoms with Gasteiger partial charge in [0, 0.05) is 18.3 Å². The molecule has 0 aromatic heterocycles. The molecule has 1 aromatic rings. The molecule has 1 N–H and O–H groups in total. The molecule has 0 bridgehead atoms. The van der Waals surface area contributed by atoms with Gasteiger partial charge in [-0.05, 0) is 50.6 Å². The van der Waals surface area contributed by atoms with E-state index in [1.165, 1.54) is 44.0 Å². The molecule has 1 saturated heterocycles. The van der Waals surface area contributed by atoms with Gasteiger partial charge >= 0.3 is 0 Å². The quantitative estimate of drug-likeness (QED) is 0.660. The number of nitrogens with one attached hydrogen (secondary N) is 1. The molecule has 1 heterocycles. The third-order valence-electron chi connectivity index (χ3n) is 3.63. The average Bonchev–Trinajstić information content (AvgIpc) is 2.51. The minimum atomic E-state index is -0.100. The highest BCUT2D eigenvalue weighted by Crippen LogP contribution is 2.15. The molecule has 0 aliphatic carbocycles. The second-order valence-corrected chi connectivity index (χ2v) is 5.41. The van der Waals surface area contributed by atoms with Crippen LogP contribution in [-0.4, -0.2) is 23.9 Å². The van der Waals surface area contributed by atoms with Gasteiger partial charge in [-0.3, -0.25) is 9.69 Å². The number of rotatable bonds is 5. The molecule has 0 unspecified atom stereocenters. The number of benzene rings is 1. The Balaban J connectivity index is 1.85. The standard InChI is InChI=1S/C18H24N2O/c1-2-3-5-8-18(21)19-17-11-9-16(10-12-17)15-20-13-6-4-7-14-20/h2-3,5,8-12H,4,6-7,13-15H2,1H3,(H,19,21)/b3-2+,8-5+. The van der Waals surface area contributed by atoms with Crippen LogP contribution in [0.15, 0.2) is 48.6 Å². The van der Waals surface area contributed by atoms with Crippen molar-refractivity contribution in [2.24, 2.45) is 0 Å². The van der Waals surface area contributed by atoms with Gasteiger partial charge in [0.25, 0.3) is 0 Å². The number of carbonyl (C=O) groups excluding carboxylic acids is 1. The first kappa shape index (κ1) is 15.5. The van der Waals surface area contributed by atoms with E-state index in [0.29, 0.717) is 0 Å². The lowest BCUT2D eigenvalue weighted by Gasteiger charge is -2.26. The molecule has 0 atom stereocenters. The highest BCUT2D eigenvalue weighted by molar-refractivity contribution is 5.99. The van der Waals surface area contributed by atoms with Crippen LogP contribution in [0, 0.1) is 0 Å². The van der Waals surface area contributed by atoms with Crippen LogP contribution in [0.2, 0.25) is 0 Å². The monoisotopic (exact) mass is 284 g/mol. The van der Waals surface area contributed by atoms with E-state index in [4.69, 9.17) is 0 Å². The van der Waals surface area contributed by atoms with Crippen molar-refractivity contribution in [1.82, 2.24) is 4.90 Å². The summed E-state index contributed by atoms with van der Waals surface area (Å²) in [6.07, 6.45) is 11.0. The van der Waals surface area contributed by atoms with Crippen LogP contribution in [0.3, 0.4) is 0 Å². The number of nitrogens with zero attached hydrogens (tertiary/aromatic N) is 1. The fourth-order valence-electron chi connectivity index (χ4n) is 2.51. The molecule has 3 heteroatoms. The first-order chi connectivity index (χ1) is 10.3. The van der Waals surface area contributed by atoms with E-state index in [-0.39, 0.29) is 5.91 Å². The van der Waals surface area contributed by atoms with E-state index >= 15 is 0 Å². The van der Waals surface area contributed by atoms with Gasteiger partial charge in [-0.25, -0.2) is 0 Å². The summed E-state index contributed by atoms with van der Waals surface area (Å²) in [6.45, 7) is 5.33. The molecular weight excluding hydrogens is 260 g/mol. The van der Waals surface area contributed by atoms with Crippen molar-refractivity contribution >= 4 is 11.6 Å². The molecule has 112 valence electrons. The lowest BCUT2D eigenvalue weighted by atomic mass is 10.1. The van der Waals surface area contributed by atoms with E-state index in [1.807, 2.05) is 31.2 Å². The molecule has 1 aromatic carbocycles. The highest BCUT2D eigenvalue weighted by Gasteiger charge is 2.10. The van der Waals surface area contributed by atoms with Crippen molar-refractivity contribution < 1.29 is 4.79 Å². The maximum Gasteiger partial charge on any atom is 0.248 e. The van der Waals surface area contributed by atoms with Crippen LogP contribution in [0.1, 0.15) is 31.7 Å². The summed E-state index contributed by atoms with van der Waals surface area (Å²) in [6, 6.07) is 8.14. The molecular formula is C18H24N2O. The summed E-state index contributed by atoms with van der Waals surface area (Å²) in [5.41, 5.74) is 2.15. The number of carbonyl (C=O) groups is 1. The minimum absolute atomic E-state index is 0.100. The normalized spacial score (nSPS) is 16.6. The Hall–Kier alpha value is -1.87. The van der Waals surface area contributed by atoms with Gasteiger partial charge in [0.05, 0.1) is 0 Å². The number of allylic oxidation sites excluding steroid dienone is 3. The second-order valence-electron chi connectivity index (χ2n) is 5.41. The second kappa shape index (κ2) is 8.42. The third-order valence-corrected chi connectivity index (χ3v) is 3.63. The summed E-state index contributed by atoms with van der Waals surface area (Å²) in [4.78, 5) is 14.1. The maximum absolute atomic E-state index is 11.6. The first-order valence-electron chi connectivity index (χ1n) is 7.69. The first-order valence-corrected chi connectivity index (χ1v) is 7.69. The summed E-state index contributed by atoms with van der Waals surface area (Å²) in [5.74, 6) is -0.100. The Labute approximate surface area is 127 Å². The molecule has 0 radical (unpaired) electrons. The zero-order valence-corrected chi connectivity index (χ0v) is 12.7. The summed E-state index contributed by atoms with van der Waals surface area (Å²) in [7, 11) is 0. The minimum Gasteiger partial charge on any atom is -0.323 e. The lowest BCUT2D eigenvalue weighted by Crippen LogP contribution is -2.29. The Morgan fingerprint density at radius 1 is 1.14 bits per heavy atom. The van der Waals surface area contributed by atoms with Crippen molar-refractivity contribution in [1.29, 1.82) is 0 Å². The van der Waals surface area contributed by atoms with Crippen molar-refractivity contribution in [2.75, 3.05) is 18.4 Å². The molecule has 1 fully saturated rings. The van der Waals surface area contributed by atoms with Crippen LogP contribution < -0.4 is 5.32 Å².